The van der Waals surface area contributed by atoms with E-state index in [2.05, 4.69) is 30.8 Å². The van der Waals surface area contributed by atoms with Crippen LogP contribution in [0.4, 0.5) is 5.82 Å². The summed E-state index contributed by atoms with van der Waals surface area (Å²) in [7, 11) is 0. The zero-order valence-electron chi connectivity index (χ0n) is 11.0. The molecule has 1 saturated heterocycles. The van der Waals surface area contributed by atoms with Gasteiger partial charge >= 0.3 is 0 Å². The number of ether oxygens (including phenoxy) is 1. The van der Waals surface area contributed by atoms with Crippen LogP contribution in [0.5, 0.6) is 5.88 Å². The molecule has 0 aromatic carbocycles. The molecule has 0 bridgehead atoms. The normalized spacial score (nSPS) is 19.6. The molecular formula is C13H20BrN3O. The van der Waals surface area contributed by atoms with Gasteiger partial charge in [-0.05, 0) is 32.6 Å². The second-order valence-electron chi connectivity index (χ2n) is 4.96. The van der Waals surface area contributed by atoms with Gasteiger partial charge in [0.05, 0.1) is 18.5 Å². The molecule has 1 atom stereocenters. The van der Waals surface area contributed by atoms with Crippen LogP contribution in [0.25, 0.3) is 0 Å². The maximum absolute atomic E-state index is 5.58. The van der Waals surface area contributed by atoms with E-state index in [0.717, 1.165) is 30.2 Å². The SMILES string of the molecule is CC(C)Oc1cncc(N2CCC(CCBr)C2)n1. The monoisotopic (exact) mass is 313 g/mol. The lowest BCUT2D eigenvalue weighted by atomic mass is 10.1. The van der Waals surface area contributed by atoms with Gasteiger partial charge in [0.15, 0.2) is 5.82 Å². The van der Waals surface area contributed by atoms with Crippen molar-refractivity contribution in [2.45, 2.75) is 32.8 Å². The first-order chi connectivity index (χ1) is 8.69. The molecule has 2 rings (SSSR count). The fourth-order valence-corrected chi connectivity index (χ4v) is 2.87. The Labute approximate surface area is 117 Å². The predicted molar refractivity (Wildman–Crippen MR) is 76.5 cm³/mol. The summed E-state index contributed by atoms with van der Waals surface area (Å²) >= 11 is 3.51. The highest BCUT2D eigenvalue weighted by atomic mass is 79.9. The van der Waals surface area contributed by atoms with Crippen LogP contribution in [0.15, 0.2) is 12.4 Å². The van der Waals surface area contributed by atoms with Crippen LogP contribution < -0.4 is 9.64 Å². The predicted octanol–water partition coefficient (Wildman–Crippen LogP) is 2.88. The number of anilines is 1. The molecule has 0 spiro atoms. The van der Waals surface area contributed by atoms with Gasteiger partial charge in [0.25, 0.3) is 0 Å². The minimum atomic E-state index is 0.134. The molecular weight excluding hydrogens is 294 g/mol. The van der Waals surface area contributed by atoms with Crippen molar-refractivity contribution in [1.29, 1.82) is 0 Å². The Bertz CT molecular complexity index is 386. The molecule has 1 aliphatic heterocycles. The van der Waals surface area contributed by atoms with Gasteiger partial charge in [-0.15, -0.1) is 0 Å². The zero-order valence-corrected chi connectivity index (χ0v) is 12.6. The van der Waals surface area contributed by atoms with Gasteiger partial charge < -0.3 is 9.64 Å². The zero-order chi connectivity index (χ0) is 13.0. The van der Waals surface area contributed by atoms with Crippen molar-refractivity contribution in [1.82, 2.24) is 9.97 Å². The van der Waals surface area contributed by atoms with Crippen LogP contribution in [0.2, 0.25) is 0 Å². The molecule has 5 heteroatoms. The van der Waals surface area contributed by atoms with E-state index in [1.165, 1.54) is 12.8 Å². The highest BCUT2D eigenvalue weighted by Gasteiger charge is 2.23. The first-order valence-electron chi connectivity index (χ1n) is 6.48. The minimum absolute atomic E-state index is 0.134. The summed E-state index contributed by atoms with van der Waals surface area (Å²) < 4.78 is 5.58. The number of rotatable bonds is 5. The van der Waals surface area contributed by atoms with E-state index in [4.69, 9.17) is 4.74 Å². The summed E-state index contributed by atoms with van der Waals surface area (Å²) in [5, 5.41) is 1.08. The molecule has 0 radical (unpaired) electrons. The standard InChI is InChI=1S/C13H20BrN3O/c1-10(2)18-13-8-15-7-12(16-13)17-6-4-11(9-17)3-5-14/h7-8,10-11H,3-6,9H2,1-2H3. The van der Waals surface area contributed by atoms with Crippen molar-refractivity contribution < 1.29 is 4.74 Å². The third-order valence-electron chi connectivity index (χ3n) is 3.08. The van der Waals surface area contributed by atoms with E-state index in [0.29, 0.717) is 5.88 Å². The van der Waals surface area contributed by atoms with Crippen LogP contribution >= 0.6 is 15.9 Å². The van der Waals surface area contributed by atoms with Crippen LogP contribution in [0.1, 0.15) is 26.7 Å². The van der Waals surface area contributed by atoms with E-state index in [1.54, 1.807) is 6.20 Å². The Morgan fingerprint density at radius 3 is 3.06 bits per heavy atom. The van der Waals surface area contributed by atoms with Crippen LogP contribution in [-0.4, -0.2) is 34.5 Å². The topological polar surface area (TPSA) is 38.2 Å². The lowest BCUT2D eigenvalue weighted by molar-refractivity contribution is 0.231. The molecule has 1 fully saturated rings. The molecule has 4 nitrogen and oxygen atoms in total. The Hall–Kier alpha value is -0.840. The van der Waals surface area contributed by atoms with Gasteiger partial charge in [-0.3, -0.25) is 4.98 Å². The molecule has 0 N–H and O–H groups in total. The fourth-order valence-electron chi connectivity index (χ4n) is 2.22. The van der Waals surface area contributed by atoms with Crippen molar-refractivity contribution in [2.75, 3.05) is 23.3 Å². The average molecular weight is 314 g/mol. The Kier molecular flexibility index (Phi) is 4.80. The second-order valence-corrected chi connectivity index (χ2v) is 5.75. The number of hydrogen-bond donors (Lipinski definition) is 0. The Morgan fingerprint density at radius 2 is 2.33 bits per heavy atom. The van der Waals surface area contributed by atoms with Gasteiger partial charge in [0.2, 0.25) is 5.88 Å². The summed E-state index contributed by atoms with van der Waals surface area (Å²) in [6.45, 7) is 6.13. The first kappa shape index (κ1) is 13.6. The average Bonchev–Trinajstić information content (AvgIpc) is 2.78. The fraction of sp³-hybridized carbons (Fsp3) is 0.692. The molecule has 1 aliphatic rings. The van der Waals surface area contributed by atoms with E-state index in [9.17, 15) is 0 Å². The maximum atomic E-state index is 5.58. The van der Waals surface area contributed by atoms with Crippen molar-refractivity contribution in [3.05, 3.63) is 12.4 Å². The van der Waals surface area contributed by atoms with E-state index < -0.39 is 0 Å². The van der Waals surface area contributed by atoms with Crippen LogP contribution in [0, 0.1) is 5.92 Å². The number of halogens is 1. The molecule has 0 amide bonds. The lowest BCUT2D eigenvalue weighted by Crippen LogP contribution is -2.21. The maximum Gasteiger partial charge on any atom is 0.234 e. The van der Waals surface area contributed by atoms with E-state index in [1.807, 2.05) is 20.0 Å². The van der Waals surface area contributed by atoms with Crippen molar-refractivity contribution in [3.8, 4) is 5.88 Å². The molecule has 2 heterocycles. The smallest absolute Gasteiger partial charge is 0.234 e. The summed E-state index contributed by atoms with van der Waals surface area (Å²) in [5.74, 6) is 2.32. The molecule has 1 aromatic heterocycles. The van der Waals surface area contributed by atoms with Gasteiger partial charge in [-0.2, -0.15) is 4.98 Å². The second kappa shape index (κ2) is 6.36. The molecule has 0 saturated carbocycles. The van der Waals surface area contributed by atoms with Crippen LogP contribution in [-0.2, 0) is 0 Å². The van der Waals surface area contributed by atoms with E-state index in [-0.39, 0.29) is 6.10 Å². The van der Waals surface area contributed by atoms with Crippen LogP contribution in [0.3, 0.4) is 0 Å². The van der Waals surface area contributed by atoms with Gasteiger partial charge in [-0.25, -0.2) is 0 Å². The largest absolute Gasteiger partial charge is 0.474 e. The highest BCUT2D eigenvalue weighted by molar-refractivity contribution is 9.09. The van der Waals surface area contributed by atoms with Crippen molar-refractivity contribution in [3.63, 3.8) is 0 Å². The molecule has 0 aliphatic carbocycles. The highest BCUT2D eigenvalue weighted by Crippen LogP contribution is 2.25. The number of hydrogen-bond acceptors (Lipinski definition) is 4. The van der Waals surface area contributed by atoms with Gasteiger partial charge in [0.1, 0.15) is 0 Å². The summed E-state index contributed by atoms with van der Waals surface area (Å²) in [6.07, 6.45) is 6.10. The minimum Gasteiger partial charge on any atom is -0.474 e. The Balaban J connectivity index is 2.01. The molecule has 1 unspecified atom stereocenters. The summed E-state index contributed by atoms with van der Waals surface area (Å²) in [5.41, 5.74) is 0. The number of nitrogens with zero attached hydrogens (tertiary/aromatic N) is 3. The lowest BCUT2D eigenvalue weighted by Gasteiger charge is -2.18. The van der Waals surface area contributed by atoms with E-state index >= 15 is 0 Å². The van der Waals surface area contributed by atoms with Crippen molar-refractivity contribution >= 4 is 21.7 Å². The van der Waals surface area contributed by atoms with Gasteiger partial charge in [0, 0.05) is 18.4 Å². The summed E-state index contributed by atoms with van der Waals surface area (Å²) in [6, 6.07) is 0. The third kappa shape index (κ3) is 3.57. The third-order valence-corrected chi connectivity index (χ3v) is 3.54. The molecule has 1 aromatic rings. The first-order valence-corrected chi connectivity index (χ1v) is 7.61. The quantitative estimate of drug-likeness (QED) is 0.783. The number of aromatic nitrogens is 2. The molecule has 100 valence electrons. The van der Waals surface area contributed by atoms with Gasteiger partial charge in [-0.1, -0.05) is 15.9 Å². The molecule has 18 heavy (non-hydrogen) atoms. The number of alkyl halides is 1. The Morgan fingerprint density at radius 1 is 1.50 bits per heavy atom. The van der Waals surface area contributed by atoms with Crippen molar-refractivity contribution in [2.24, 2.45) is 5.92 Å². The summed E-state index contributed by atoms with van der Waals surface area (Å²) in [4.78, 5) is 11.0.